The molecule has 0 bridgehead atoms. The fourth-order valence-corrected chi connectivity index (χ4v) is 5.01. The van der Waals surface area contributed by atoms with Gasteiger partial charge in [0.05, 0.1) is 35.0 Å². The van der Waals surface area contributed by atoms with E-state index in [0.29, 0.717) is 35.5 Å². The molecular formula is C27H27N3O4S. The molecule has 35 heavy (non-hydrogen) atoms. The number of carboxylic acids is 1. The van der Waals surface area contributed by atoms with Crippen molar-refractivity contribution in [1.82, 2.24) is 9.47 Å². The molecule has 0 unspecified atom stereocenters. The molecule has 1 aliphatic heterocycles. The molecule has 1 fully saturated rings. The Labute approximate surface area is 208 Å². The van der Waals surface area contributed by atoms with Gasteiger partial charge in [-0.2, -0.15) is 0 Å². The predicted molar refractivity (Wildman–Crippen MR) is 140 cm³/mol. The van der Waals surface area contributed by atoms with Crippen LogP contribution in [0, 0.1) is 13.8 Å². The number of aromatic nitrogens is 1. The number of para-hydroxylation sites is 2. The molecule has 2 aromatic carbocycles. The van der Waals surface area contributed by atoms with E-state index in [4.69, 9.17) is 9.73 Å². The third kappa shape index (κ3) is 5.23. The normalized spacial score (nSPS) is 16.0. The number of carboxylic acid groups (broad SMARTS) is 1. The second kappa shape index (κ2) is 10.8. The van der Waals surface area contributed by atoms with Crippen LogP contribution in [0.4, 0.5) is 5.69 Å². The van der Waals surface area contributed by atoms with Crippen molar-refractivity contribution < 1.29 is 19.4 Å². The molecule has 1 amide bonds. The minimum Gasteiger partial charge on any atom is -0.478 e. The molecule has 1 aliphatic rings. The number of rotatable bonds is 8. The highest BCUT2D eigenvalue weighted by molar-refractivity contribution is 8.18. The van der Waals surface area contributed by atoms with Crippen molar-refractivity contribution >= 4 is 40.6 Å². The van der Waals surface area contributed by atoms with E-state index >= 15 is 0 Å². The van der Waals surface area contributed by atoms with Crippen molar-refractivity contribution in [1.29, 1.82) is 0 Å². The molecule has 1 saturated heterocycles. The summed E-state index contributed by atoms with van der Waals surface area (Å²) in [5.74, 6) is -1.11. The molecule has 2 heterocycles. The molecule has 180 valence electrons. The number of carbonyl (C=O) groups excluding carboxylic acids is 1. The van der Waals surface area contributed by atoms with Gasteiger partial charge in [0.15, 0.2) is 5.17 Å². The summed E-state index contributed by atoms with van der Waals surface area (Å²) in [4.78, 5) is 32.0. The van der Waals surface area contributed by atoms with Gasteiger partial charge in [0.25, 0.3) is 5.91 Å². The summed E-state index contributed by atoms with van der Waals surface area (Å²) in [6.07, 6.45) is 1.86. The van der Waals surface area contributed by atoms with Gasteiger partial charge in [-0.05, 0) is 74.5 Å². The number of aromatic carboxylic acids is 1. The third-order valence-corrected chi connectivity index (χ3v) is 6.67. The van der Waals surface area contributed by atoms with Crippen LogP contribution in [0.25, 0.3) is 11.8 Å². The van der Waals surface area contributed by atoms with Gasteiger partial charge < -0.3 is 14.4 Å². The van der Waals surface area contributed by atoms with E-state index in [0.717, 1.165) is 22.6 Å². The molecule has 7 nitrogen and oxygen atoms in total. The zero-order chi connectivity index (χ0) is 24.9. The predicted octanol–water partition coefficient (Wildman–Crippen LogP) is 5.43. The van der Waals surface area contributed by atoms with E-state index in [1.807, 2.05) is 73.9 Å². The Bertz CT molecular complexity index is 1310. The van der Waals surface area contributed by atoms with Gasteiger partial charge in [-0.15, -0.1) is 0 Å². The Morgan fingerprint density at radius 2 is 1.83 bits per heavy atom. The fraction of sp³-hybridized carbons (Fsp3) is 0.222. The quantitative estimate of drug-likeness (QED) is 0.337. The summed E-state index contributed by atoms with van der Waals surface area (Å²) in [7, 11) is 0. The van der Waals surface area contributed by atoms with Crippen LogP contribution in [0.5, 0.6) is 0 Å². The van der Waals surface area contributed by atoms with Crippen LogP contribution in [-0.4, -0.2) is 51.4 Å². The van der Waals surface area contributed by atoms with Crippen LogP contribution >= 0.6 is 11.8 Å². The summed E-state index contributed by atoms with van der Waals surface area (Å²) in [5.41, 5.74) is 4.17. The van der Waals surface area contributed by atoms with Gasteiger partial charge in [-0.25, -0.2) is 9.79 Å². The van der Waals surface area contributed by atoms with Crippen molar-refractivity contribution in [3.05, 3.63) is 88.1 Å². The summed E-state index contributed by atoms with van der Waals surface area (Å²) in [6.45, 7) is 7.18. The second-order valence-corrected chi connectivity index (χ2v) is 8.99. The van der Waals surface area contributed by atoms with E-state index in [2.05, 4.69) is 0 Å². The number of aliphatic imine (C=N–C) groups is 1. The van der Waals surface area contributed by atoms with Crippen LogP contribution in [0.2, 0.25) is 0 Å². The van der Waals surface area contributed by atoms with Crippen molar-refractivity contribution in [3.8, 4) is 5.69 Å². The van der Waals surface area contributed by atoms with Crippen molar-refractivity contribution in [2.45, 2.75) is 20.8 Å². The minimum atomic E-state index is -0.985. The Balaban J connectivity index is 1.72. The molecule has 0 atom stereocenters. The summed E-state index contributed by atoms with van der Waals surface area (Å²) >= 11 is 1.33. The van der Waals surface area contributed by atoms with Crippen molar-refractivity contribution in [2.24, 2.45) is 4.99 Å². The monoisotopic (exact) mass is 489 g/mol. The largest absolute Gasteiger partial charge is 0.478 e. The smallest absolute Gasteiger partial charge is 0.337 e. The standard InChI is InChI=1S/C27H27N3O4S/c1-4-34-15-14-29-25(31)24(35-27(29)28-21-10-6-5-7-11-21)17-20-16-18(2)30(19(20)3)23-13-9-8-12-22(23)26(32)33/h5-13,16-17H,4,14-15H2,1-3H3,(H,32,33)/b24-17-,28-27?. The number of amides is 1. The molecule has 8 heteroatoms. The van der Waals surface area contributed by atoms with E-state index in [-0.39, 0.29) is 11.5 Å². The molecule has 1 N–H and O–H groups in total. The van der Waals surface area contributed by atoms with Gasteiger partial charge >= 0.3 is 5.97 Å². The zero-order valence-electron chi connectivity index (χ0n) is 19.9. The number of benzene rings is 2. The lowest BCUT2D eigenvalue weighted by molar-refractivity contribution is -0.122. The minimum absolute atomic E-state index is 0.125. The summed E-state index contributed by atoms with van der Waals surface area (Å²) in [5, 5.41) is 10.3. The summed E-state index contributed by atoms with van der Waals surface area (Å²) < 4.78 is 7.39. The van der Waals surface area contributed by atoms with Crippen molar-refractivity contribution in [2.75, 3.05) is 19.8 Å². The number of amidine groups is 1. The fourth-order valence-electron chi connectivity index (χ4n) is 4.00. The first kappa shape index (κ1) is 24.5. The molecular weight excluding hydrogens is 462 g/mol. The Hall–Kier alpha value is -3.62. The van der Waals surface area contributed by atoms with Crippen LogP contribution in [0.15, 0.2) is 70.6 Å². The molecule has 4 rings (SSSR count). The van der Waals surface area contributed by atoms with Crippen LogP contribution in [0.3, 0.4) is 0 Å². The van der Waals surface area contributed by atoms with E-state index in [1.54, 1.807) is 23.1 Å². The highest BCUT2D eigenvalue weighted by Crippen LogP contribution is 2.35. The first-order valence-corrected chi connectivity index (χ1v) is 12.2. The number of nitrogens with zero attached hydrogens (tertiary/aromatic N) is 3. The van der Waals surface area contributed by atoms with E-state index in [1.165, 1.54) is 11.8 Å². The lowest BCUT2D eigenvalue weighted by Crippen LogP contribution is -2.32. The molecule has 0 spiro atoms. The number of aryl methyl sites for hydroxylation is 1. The van der Waals surface area contributed by atoms with Crippen molar-refractivity contribution in [3.63, 3.8) is 0 Å². The molecule has 0 radical (unpaired) electrons. The number of carbonyl (C=O) groups is 2. The third-order valence-electron chi connectivity index (χ3n) is 5.66. The van der Waals surface area contributed by atoms with Gasteiger partial charge in [0, 0.05) is 18.0 Å². The first-order valence-electron chi connectivity index (χ1n) is 11.3. The van der Waals surface area contributed by atoms with Gasteiger partial charge in [-0.3, -0.25) is 9.69 Å². The number of ether oxygens (including phenoxy) is 1. The highest BCUT2D eigenvalue weighted by Gasteiger charge is 2.33. The Morgan fingerprint density at radius 3 is 2.54 bits per heavy atom. The molecule has 1 aromatic heterocycles. The Kier molecular flexibility index (Phi) is 7.53. The first-order chi connectivity index (χ1) is 16.9. The van der Waals surface area contributed by atoms with Crippen LogP contribution in [0.1, 0.15) is 34.2 Å². The second-order valence-electron chi connectivity index (χ2n) is 7.98. The van der Waals surface area contributed by atoms with Crippen LogP contribution < -0.4 is 0 Å². The lowest BCUT2D eigenvalue weighted by Gasteiger charge is -2.15. The number of hydrogen-bond acceptors (Lipinski definition) is 5. The Morgan fingerprint density at radius 1 is 1.11 bits per heavy atom. The highest BCUT2D eigenvalue weighted by atomic mass is 32.2. The molecule has 0 saturated carbocycles. The van der Waals surface area contributed by atoms with Gasteiger partial charge in [0.2, 0.25) is 0 Å². The van der Waals surface area contributed by atoms with Gasteiger partial charge in [-0.1, -0.05) is 30.3 Å². The SMILES string of the molecule is CCOCCN1C(=O)/C(=C/c2cc(C)n(-c3ccccc3C(=O)O)c2C)SC1=Nc1ccccc1. The van der Waals surface area contributed by atoms with E-state index in [9.17, 15) is 14.7 Å². The molecule has 0 aliphatic carbocycles. The molecule has 3 aromatic rings. The maximum atomic E-state index is 13.3. The number of thioether (sulfide) groups is 1. The maximum Gasteiger partial charge on any atom is 0.337 e. The topological polar surface area (TPSA) is 84.1 Å². The van der Waals surface area contributed by atoms with Gasteiger partial charge in [0.1, 0.15) is 0 Å². The van der Waals surface area contributed by atoms with Crippen LogP contribution in [-0.2, 0) is 9.53 Å². The average molecular weight is 490 g/mol. The lowest BCUT2D eigenvalue weighted by atomic mass is 10.1. The maximum absolute atomic E-state index is 13.3. The average Bonchev–Trinajstić information content (AvgIpc) is 3.29. The number of hydrogen-bond donors (Lipinski definition) is 1. The zero-order valence-corrected chi connectivity index (χ0v) is 20.7. The van der Waals surface area contributed by atoms with E-state index < -0.39 is 5.97 Å². The summed E-state index contributed by atoms with van der Waals surface area (Å²) in [6, 6.07) is 18.4.